The zero-order valence-electron chi connectivity index (χ0n) is 14.5. The first-order valence-electron chi connectivity index (χ1n) is 9.43. The van der Waals surface area contributed by atoms with Crippen molar-refractivity contribution in [1.29, 1.82) is 0 Å². The second-order valence-corrected chi connectivity index (χ2v) is 9.13. The summed E-state index contributed by atoms with van der Waals surface area (Å²) in [6.45, 7) is 8.81. The van der Waals surface area contributed by atoms with E-state index in [0.29, 0.717) is 29.5 Å². The largest absolute Gasteiger partial charge is 0.392 e. The van der Waals surface area contributed by atoms with Gasteiger partial charge < -0.3 is 5.11 Å². The Kier molecular flexibility index (Phi) is 3.43. The summed E-state index contributed by atoms with van der Waals surface area (Å²) >= 11 is 0. The van der Waals surface area contributed by atoms with Gasteiger partial charge in [-0.05, 0) is 72.7 Å². The van der Waals surface area contributed by atoms with Crippen molar-refractivity contribution in [2.45, 2.75) is 58.5 Å². The number of aliphatic hydroxyl groups excluding tert-OH is 1. The van der Waals surface area contributed by atoms with Crippen molar-refractivity contribution in [2.75, 3.05) is 0 Å². The second-order valence-electron chi connectivity index (χ2n) is 9.13. The van der Waals surface area contributed by atoms with Gasteiger partial charge in [0.05, 0.1) is 6.10 Å². The van der Waals surface area contributed by atoms with Crippen LogP contribution >= 0.6 is 0 Å². The molecule has 8 atom stereocenters. The second kappa shape index (κ2) is 5.05. The third-order valence-corrected chi connectivity index (χ3v) is 8.40. The van der Waals surface area contributed by atoms with E-state index in [9.17, 15) is 9.90 Å². The first-order valence-corrected chi connectivity index (χ1v) is 9.43. The number of ketones is 1. The molecule has 126 valence electrons. The minimum absolute atomic E-state index is 0.190. The molecule has 0 unspecified atom stereocenters. The molecule has 0 aromatic rings. The van der Waals surface area contributed by atoms with Gasteiger partial charge >= 0.3 is 0 Å². The van der Waals surface area contributed by atoms with Gasteiger partial charge in [-0.1, -0.05) is 26.0 Å². The van der Waals surface area contributed by atoms with E-state index >= 15 is 0 Å². The van der Waals surface area contributed by atoms with Crippen LogP contribution in [0.25, 0.3) is 0 Å². The van der Waals surface area contributed by atoms with E-state index in [2.05, 4.69) is 26.5 Å². The van der Waals surface area contributed by atoms with Crippen LogP contribution in [0.2, 0.25) is 0 Å². The van der Waals surface area contributed by atoms with Gasteiger partial charge in [-0.15, -0.1) is 6.58 Å². The topological polar surface area (TPSA) is 37.3 Å². The summed E-state index contributed by atoms with van der Waals surface area (Å²) in [5.74, 6) is 3.10. The van der Waals surface area contributed by atoms with E-state index in [4.69, 9.17) is 0 Å². The highest BCUT2D eigenvalue weighted by molar-refractivity contribution is 5.91. The van der Waals surface area contributed by atoms with Crippen molar-refractivity contribution in [3.63, 3.8) is 0 Å². The van der Waals surface area contributed by atoms with E-state index in [1.54, 1.807) is 0 Å². The summed E-state index contributed by atoms with van der Waals surface area (Å²) in [4.78, 5) is 11.8. The zero-order chi connectivity index (χ0) is 16.4. The van der Waals surface area contributed by atoms with Gasteiger partial charge in [0.25, 0.3) is 0 Å². The molecular formula is C21H30O2. The standard InChI is InChI=1S/C21H30O2/c1-4-16-19(23)12-18-15-6-5-13-11-14(22)7-9-20(13,2)17(15)8-10-21(16,18)3/h4,7,9,13,15-19,23H,1,5-6,8,10-12H2,2-3H3/t13-,15+,16-,17-,18-,19-,20-,21+/m0/s1. The average molecular weight is 314 g/mol. The van der Waals surface area contributed by atoms with Gasteiger partial charge in [0.15, 0.2) is 5.78 Å². The monoisotopic (exact) mass is 314 g/mol. The molecule has 0 amide bonds. The molecule has 2 heteroatoms. The Labute approximate surface area is 140 Å². The van der Waals surface area contributed by atoms with Crippen LogP contribution in [0.5, 0.6) is 0 Å². The smallest absolute Gasteiger partial charge is 0.155 e. The predicted molar refractivity (Wildman–Crippen MR) is 91.7 cm³/mol. The van der Waals surface area contributed by atoms with E-state index in [0.717, 1.165) is 12.8 Å². The Morgan fingerprint density at radius 3 is 2.78 bits per heavy atom. The molecule has 0 aliphatic heterocycles. The number of hydrogen-bond donors (Lipinski definition) is 1. The molecule has 4 aliphatic carbocycles. The van der Waals surface area contributed by atoms with Gasteiger partial charge in [-0.3, -0.25) is 4.79 Å². The number of allylic oxidation sites excluding steroid dienone is 2. The molecule has 4 aliphatic rings. The average Bonchev–Trinajstić information content (AvgIpc) is 2.77. The highest BCUT2D eigenvalue weighted by Gasteiger charge is 2.60. The van der Waals surface area contributed by atoms with Crippen LogP contribution in [0.1, 0.15) is 52.4 Å². The maximum absolute atomic E-state index is 11.8. The summed E-state index contributed by atoms with van der Waals surface area (Å²) in [5, 5.41) is 10.6. The molecular weight excluding hydrogens is 284 g/mol. The van der Waals surface area contributed by atoms with E-state index < -0.39 is 0 Å². The summed E-state index contributed by atoms with van der Waals surface area (Å²) in [6, 6.07) is 0. The SMILES string of the molecule is C=C[C@H]1[C@@H](O)C[C@H]2[C@@H]3CC[C@H]4CC(=O)C=C[C@]4(C)[C@H]3CC[C@]12C. The fourth-order valence-electron chi connectivity index (χ4n) is 7.11. The highest BCUT2D eigenvalue weighted by Crippen LogP contribution is 2.66. The molecule has 0 bridgehead atoms. The molecule has 0 spiro atoms. The molecule has 0 saturated heterocycles. The fourth-order valence-corrected chi connectivity index (χ4v) is 7.11. The van der Waals surface area contributed by atoms with Gasteiger partial charge in [-0.25, -0.2) is 0 Å². The first-order chi connectivity index (χ1) is 10.9. The van der Waals surface area contributed by atoms with Crippen LogP contribution in [-0.4, -0.2) is 17.0 Å². The van der Waals surface area contributed by atoms with Gasteiger partial charge in [0.2, 0.25) is 0 Å². The maximum Gasteiger partial charge on any atom is 0.155 e. The Bertz CT molecular complexity index is 564. The van der Waals surface area contributed by atoms with Crippen LogP contribution in [0.3, 0.4) is 0 Å². The number of hydrogen-bond acceptors (Lipinski definition) is 2. The maximum atomic E-state index is 11.8. The van der Waals surface area contributed by atoms with Gasteiger partial charge in [0, 0.05) is 12.3 Å². The minimum Gasteiger partial charge on any atom is -0.392 e. The van der Waals surface area contributed by atoms with Crippen molar-refractivity contribution in [3.05, 3.63) is 24.8 Å². The first kappa shape index (κ1) is 15.6. The van der Waals surface area contributed by atoms with Gasteiger partial charge in [0.1, 0.15) is 0 Å². The lowest BCUT2D eigenvalue weighted by molar-refractivity contribution is -0.122. The molecule has 2 nitrogen and oxygen atoms in total. The van der Waals surface area contributed by atoms with Crippen molar-refractivity contribution in [3.8, 4) is 0 Å². The third-order valence-electron chi connectivity index (χ3n) is 8.40. The summed E-state index contributed by atoms with van der Waals surface area (Å²) in [5.41, 5.74) is 0.412. The lowest BCUT2D eigenvalue weighted by atomic mass is 9.46. The molecule has 0 aromatic heterocycles. The number of fused-ring (bicyclic) bond motifs is 5. The van der Waals surface area contributed by atoms with Crippen molar-refractivity contribution in [1.82, 2.24) is 0 Å². The molecule has 3 fully saturated rings. The van der Waals surface area contributed by atoms with Gasteiger partial charge in [-0.2, -0.15) is 0 Å². The summed E-state index contributed by atoms with van der Waals surface area (Å²) in [6.07, 6.45) is 12.4. The molecule has 0 heterocycles. The molecule has 1 N–H and O–H groups in total. The lowest BCUT2D eigenvalue weighted by Crippen LogP contribution is -2.52. The predicted octanol–water partition coefficient (Wildman–Crippen LogP) is 4.15. The Hall–Kier alpha value is -0.890. The zero-order valence-corrected chi connectivity index (χ0v) is 14.5. The van der Waals surface area contributed by atoms with Crippen LogP contribution in [-0.2, 0) is 4.79 Å². The van der Waals surface area contributed by atoms with E-state index in [-0.39, 0.29) is 22.9 Å². The van der Waals surface area contributed by atoms with Crippen LogP contribution < -0.4 is 0 Å². The van der Waals surface area contributed by atoms with E-state index in [1.807, 2.05) is 12.2 Å². The van der Waals surface area contributed by atoms with Crippen LogP contribution in [0.15, 0.2) is 24.8 Å². The quantitative estimate of drug-likeness (QED) is 0.738. The normalized spacial score (nSPS) is 55.0. The van der Waals surface area contributed by atoms with Crippen LogP contribution in [0.4, 0.5) is 0 Å². The number of aliphatic hydroxyl groups is 1. The lowest BCUT2D eigenvalue weighted by Gasteiger charge is -2.58. The van der Waals surface area contributed by atoms with Crippen molar-refractivity contribution in [2.24, 2.45) is 40.4 Å². The number of carbonyl (C=O) groups excluding carboxylic acids is 1. The molecule has 4 rings (SSSR count). The Morgan fingerprint density at radius 2 is 2.04 bits per heavy atom. The summed E-state index contributed by atoms with van der Waals surface area (Å²) < 4.78 is 0. The van der Waals surface area contributed by atoms with Crippen LogP contribution in [0, 0.1) is 40.4 Å². The molecule has 0 radical (unpaired) electrons. The highest BCUT2D eigenvalue weighted by atomic mass is 16.3. The summed E-state index contributed by atoms with van der Waals surface area (Å²) in [7, 11) is 0. The van der Waals surface area contributed by atoms with E-state index in [1.165, 1.54) is 25.7 Å². The Balaban J connectivity index is 1.69. The minimum atomic E-state index is -0.213. The Morgan fingerprint density at radius 1 is 1.26 bits per heavy atom. The van der Waals surface area contributed by atoms with Crippen molar-refractivity contribution >= 4 is 5.78 Å². The number of carbonyl (C=O) groups is 1. The fraction of sp³-hybridized carbons (Fsp3) is 0.762. The number of rotatable bonds is 1. The molecule has 0 aromatic carbocycles. The molecule has 23 heavy (non-hydrogen) atoms. The third kappa shape index (κ3) is 2.00. The molecule has 3 saturated carbocycles. The van der Waals surface area contributed by atoms with Crippen molar-refractivity contribution < 1.29 is 9.90 Å².